The molecule has 6 nitrogen and oxygen atoms in total. The van der Waals surface area contributed by atoms with Crippen LogP contribution < -0.4 is 10.6 Å². The number of ether oxygens (including phenoxy) is 1. The lowest BCUT2D eigenvalue weighted by Crippen LogP contribution is -2.48. The Morgan fingerprint density at radius 1 is 1.22 bits per heavy atom. The number of benzene rings is 1. The number of rotatable bonds is 5. The van der Waals surface area contributed by atoms with Crippen LogP contribution in [-0.4, -0.2) is 35.2 Å². The first-order valence-electron chi connectivity index (χ1n) is 9.09. The second kappa shape index (κ2) is 8.08. The molecule has 1 aromatic heterocycles. The number of thiazole rings is 1. The lowest BCUT2D eigenvalue weighted by molar-refractivity contribution is 0.0500. The lowest BCUT2D eigenvalue weighted by Gasteiger charge is -2.35. The number of nitrogens with zero attached hydrogens (tertiary/aromatic N) is 1. The van der Waals surface area contributed by atoms with Gasteiger partial charge in [0.2, 0.25) is 0 Å². The average molecular weight is 388 g/mol. The molecule has 3 rings (SSSR count). The zero-order valence-corrected chi connectivity index (χ0v) is 16.6. The average Bonchev–Trinajstić information content (AvgIpc) is 3.06. The van der Waals surface area contributed by atoms with E-state index >= 15 is 0 Å². The molecule has 2 N–H and O–H groups in total. The first-order chi connectivity index (χ1) is 12.8. The number of carbonyl (C=O) groups excluding carboxylic acids is 2. The lowest BCUT2D eigenvalue weighted by atomic mass is 9.80. The Labute approximate surface area is 163 Å². The minimum absolute atomic E-state index is 0.0850. The van der Waals surface area contributed by atoms with Crippen LogP contribution in [0.2, 0.25) is 0 Å². The normalized spacial score (nSPS) is 19.1. The van der Waals surface area contributed by atoms with Crippen molar-refractivity contribution in [2.45, 2.75) is 45.3 Å². The van der Waals surface area contributed by atoms with Crippen LogP contribution in [0.5, 0.6) is 0 Å². The van der Waals surface area contributed by atoms with Gasteiger partial charge in [0.25, 0.3) is 5.91 Å². The molecule has 27 heavy (non-hydrogen) atoms. The van der Waals surface area contributed by atoms with Crippen LogP contribution in [0, 0.1) is 5.92 Å². The molecule has 0 spiro atoms. The van der Waals surface area contributed by atoms with E-state index in [1.54, 1.807) is 6.20 Å². The predicted molar refractivity (Wildman–Crippen MR) is 106 cm³/mol. The predicted octanol–water partition coefficient (Wildman–Crippen LogP) is 3.84. The number of carbonyl (C=O) groups is 2. The fourth-order valence-corrected chi connectivity index (χ4v) is 3.74. The Morgan fingerprint density at radius 2 is 1.93 bits per heavy atom. The monoisotopic (exact) mass is 387 g/mol. The minimum Gasteiger partial charge on any atom is -0.444 e. The molecule has 144 valence electrons. The summed E-state index contributed by atoms with van der Waals surface area (Å²) in [5.74, 6) is 0.280. The Kier molecular flexibility index (Phi) is 5.79. The van der Waals surface area contributed by atoms with Crippen LogP contribution in [0.25, 0.3) is 10.6 Å². The molecule has 1 heterocycles. The van der Waals surface area contributed by atoms with Gasteiger partial charge < -0.3 is 15.4 Å². The summed E-state index contributed by atoms with van der Waals surface area (Å²) >= 11 is 1.39. The number of aromatic nitrogens is 1. The second-order valence-electron chi connectivity index (χ2n) is 7.79. The minimum atomic E-state index is -0.493. The van der Waals surface area contributed by atoms with E-state index in [1.807, 2.05) is 51.1 Å². The molecule has 2 aromatic rings. The summed E-state index contributed by atoms with van der Waals surface area (Å²) in [7, 11) is 0. The zero-order valence-electron chi connectivity index (χ0n) is 15.8. The van der Waals surface area contributed by atoms with Crippen molar-refractivity contribution in [1.29, 1.82) is 0 Å². The van der Waals surface area contributed by atoms with Crippen molar-refractivity contribution in [2.24, 2.45) is 5.92 Å². The van der Waals surface area contributed by atoms with Gasteiger partial charge in [0, 0.05) is 18.2 Å². The molecule has 1 fully saturated rings. The van der Waals surface area contributed by atoms with E-state index in [9.17, 15) is 9.59 Å². The third-order valence-corrected chi connectivity index (χ3v) is 5.30. The number of nitrogens with one attached hydrogen (secondary N) is 2. The van der Waals surface area contributed by atoms with E-state index in [4.69, 9.17) is 4.74 Å². The van der Waals surface area contributed by atoms with Gasteiger partial charge in [-0.25, -0.2) is 9.78 Å². The summed E-state index contributed by atoms with van der Waals surface area (Å²) in [5, 5.41) is 6.67. The Hall–Kier alpha value is -2.41. The van der Waals surface area contributed by atoms with Crippen molar-refractivity contribution in [3.63, 3.8) is 0 Å². The van der Waals surface area contributed by atoms with Gasteiger partial charge in [-0.2, -0.15) is 0 Å². The molecule has 0 aliphatic heterocycles. The maximum absolute atomic E-state index is 12.4. The van der Waals surface area contributed by atoms with Gasteiger partial charge in [0.15, 0.2) is 0 Å². The third-order valence-electron chi connectivity index (χ3n) is 4.26. The number of amides is 2. The highest BCUT2D eigenvalue weighted by Gasteiger charge is 2.31. The highest BCUT2D eigenvalue weighted by Crippen LogP contribution is 2.28. The van der Waals surface area contributed by atoms with Crippen molar-refractivity contribution in [1.82, 2.24) is 15.6 Å². The van der Waals surface area contributed by atoms with Gasteiger partial charge in [0.05, 0.1) is 6.20 Å². The summed E-state index contributed by atoms with van der Waals surface area (Å²) in [6.45, 7) is 6.08. The van der Waals surface area contributed by atoms with Crippen molar-refractivity contribution < 1.29 is 14.3 Å². The molecule has 1 saturated carbocycles. The molecule has 0 unspecified atom stereocenters. The van der Waals surface area contributed by atoms with E-state index < -0.39 is 11.7 Å². The molecule has 0 bridgehead atoms. The highest BCUT2D eigenvalue weighted by molar-refractivity contribution is 7.16. The van der Waals surface area contributed by atoms with Crippen LogP contribution in [0.4, 0.5) is 4.79 Å². The third kappa shape index (κ3) is 5.53. The highest BCUT2D eigenvalue weighted by atomic mass is 32.1. The molecule has 1 aliphatic carbocycles. The Bertz CT molecular complexity index is 792. The summed E-state index contributed by atoms with van der Waals surface area (Å²) in [6.07, 6.45) is 2.94. The molecule has 0 atom stereocenters. The fraction of sp³-hybridized carbons (Fsp3) is 0.450. The van der Waals surface area contributed by atoms with Crippen molar-refractivity contribution >= 4 is 23.3 Å². The quantitative estimate of drug-likeness (QED) is 0.817. The maximum Gasteiger partial charge on any atom is 0.407 e. The number of hydrogen-bond donors (Lipinski definition) is 2. The van der Waals surface area contributed by atoms with E-state index in [-0.39, 0.29) is 11.9 Å². The largest absolute Gasteiger partial charge is 0.444 e. The summed E-state index contributed by atoms with van der Waals surface area (Å²) < 4.78 is 5.22. The Morgan fingerprint density at radius 3 is 2.59 bits per heavy atom. The molecular weight excluding hydrogens is 362 g/mol. The zero-order chi connectivity index (χ0) is 19.4. The van der Waals surface area contributed by atoms with Gasteiger partial charge in [-0.3, -0.25) is 4.79 Å². The Balaban J connectivity index is 1.41. The summed E-state index contributed by atoms with van der Waals surface area (Å²) in [6, 6.07) is 9.97. The molecule has 7 heteroatoms. The van der Waals surface area contributed by atoms with Crippen LogP contribution in [0.15, 0.2) is 36.5 Å². The van der Waals surface area contributed by atoms with E-state index in [1.165, 1.54) is 11.3 Å². The first-order valence-corrected chi connectivity index (χ1v) is 9.91. The first kappa shape index (κ1) is 19.4. The summed E-state index contributed by atoms with van der Waals surface area (Å²) in [5.41, 5.74) is 0.520. The van der Waals surface area contributed by atoms with Crippen LogP contribution in [0.1, 0.15) is 43.3 Å². The van der Waals surface area contributed by atoms with Crippen molar-refractivity contribution in [3.8, 4) is 10.6 Å². The molecule has 0 saturated heterocycles. The van der Waals surface area contributed by atoms with Gasteiger partial charge in [-0.15, -0.1) is 11.3 Å². The van der Waals surface area contributed by atoms with Crippen LogP contribution >= 0.6 is 11.3 Å². The van der Waals surface area contributed by atoms with Crippen LogP contribution in [0.3, 0.4) is 0 Å². The smallest absolute Gasteiger partial charge is 0.407 e. The fourth-order valence-electron chi connectivity index (χ4n) is 2.91. The van der Waals surface area contributed by atoms with Gasteiger partial charge in [-0.05, 0) is 39.5 Å². The SMILES string of the molecule is CC(C)(C)OC(=O)NC[C@H]1C[C@H](NC(=O)c2cnc(-c3ccccc3)s2)C1. The second-order valence-corrected chi connectivity index (χ2v) is 8.82. The van der Waals surface area contributed by atoms with Gasteiger partial charge >= 0.3 is 6.09 Å². The maximum atomic E-state index is 12.4. The molecule has 0 radical (unpaired) electrons. The van der Waals surface area contributed by atoms with E-state index in [2.05, 4.69) is 15.6 Å². The van der Waals surface area contributed by atoms with E-state index in [0.717, 1.165) is 23.4 Å². The topological polar surface area (TPSA) is 80.3 Å². The molecular formula is C20H25N3O3S. The molecule has 1 aliphatic rings. The standard InChI is InChI=1S/C20H25N3O3S/c1-20(2,3)26-19(25)22-11-13-9-15(10-13)23-17(24)16-12-21-18(27-16)14-7-5-4-6-8-14/h4-8,12-13,15H,9-11H2,1-3H3,(H,22,25)(H,23,24)/t13-,15-. The van der Waals surface area contributed by atoms with Crippen molar-refractivity contribution in [2.75, 3.05) is 6.54 Å². The van der Waals surface area contributed by atoms with Crippen LogP contribution in [-0.2, 0) is 4.74 Å². The van der Waals surface area contributed by atoms with Gasteiger partial charge in [-0.1, -0.05) is 30.3 Å². The summed E-state index contributed by atoms with van der Waals surface area (Å²) in [4.78, 5) is 29.0. The van der Waals surface area contributed by atoms with Gasteiger partial charge in [0.1, 0.15) is 15.5 Å². The molecule has 2 amide bonds. The van der Waals surface area contributed by atoms with Crippen molar-refractivity contribution in [3.05, 3.63) is 41.4 Å². The number of hydrogen-bond acceptors (Lipinski definition) is 5. The van der Waals surface area contributed by atoms with E-state index in [0.29, 0.717) is 17.3 Å². The molecule has 1 aromatic carbocycles. The number of alkyl carbamates (subject to hydrolysis) is 1.